The molecule has 1 aliphatic heterocycles. The molecule has 0 radical (unpaired) electrons. The summed E-state index contributed by atoms with van der Waals surface area (Å²) in [5.74, 6) is 0.556. The highest BCUT2D eigenvalue weighted by Crippen LogP contribution is 2.23. The number of ether oxygens (including phenoxy) is 1. The van der Waals surface area contributed by atoms with E-state index in [-0.39, 0.29) is 12.0 Å². The summed E-state index contributed by atoms with van der Waals surface area (Å²) in [5.41, 5.74) is 0. The van der Waals surface area contributed by atoms with Crippen LogP contribution in [0.25, 0.3) is 0 Å². The van der Waals surface area contributed by atoms with Gasteiger partial charge in [-0.25, -0.2) is 0 Å². The molecule has 1 heterocycles. The van der Waals surface area contributed by atoms with Crippen LogP contribution in [0.3, 0.4) is 0 Å². The molecule has 0 amide bonds. The van der Waals surface area contributed by atoms with E-state index in [1.807, 2.05) is 6.92 Å². The number of carbonyl (C=O) groups excluding carboxylic acids is 1. The van der Waals surface area contributed by atoms with Crippen LogP contribution in [0, 0.1) is 5.92 Å². The molecule has 4 nitrogen and oxygen atoms in total. The summed E-state index contributed by atoms with van der Waals surface area (Å²) in [6, 6.07) is 0.526. The Morgan fingerprint density at radius 2 is 2.22 bits per heavy atom. The lowest BCUT2D eigenvalue weighted by Gasteiger charge is -2.28. The molecule has 0 saturated carbocycles. The molecule has 0 spiro atoms. The van der Waals surface area contributed by atoms with Gasteiger partial charge in [0.1, 0.15) is 6.04 Å². The third-order valence-electron chi connectivity index (χ3n) is 3.82. The van der Waals surface area contributed by atoms with Crippen molar-refractivity contribution in [3.8, 4) is 0 Å². The minimum absolute atomic E-state index is 0.142. The molecule has 0 aromatic rings. The fourth-order valence-electron chi connectivity index (χ4n) is 2.87. The largest absolute Gasteiger partial charge is 0.468 e. The number of hydrogen-bond acceptors (Lipinski definition) is 4. The Hall–Kier alpha value is -0.610. The summed E-state index contributed by atoms with van der Waals surface area (Å²) in [4.78, 5) is 14.1. The van der Waals surface area contributed by atoms with Crippen LogP contribution in [0.2, 0.25) is 0 Å². The quantitative estimate of drug-likeness (QED) is 0.703. The molecule has 1 aliphatic rings. The highest BCUT2D eigenvalue weighted by atomic mass is 16.5. The molecule has 1 N–H and O–H groups in total. The minimum Gasteiger partial charge on any atom is -0.468 e. The molecule has 106 valence electrons. The first-order valence-corrected chi connectivity index (χ1v) is 7.15. The van der Waals surface area contributed by atoms with Gasteiger partial charge in [-0.15, -0.1) is 0 Å². The van der Waals surface area contributed by atoms with Crippen LogP contribution in [-0.4, -0.2) is 49.7 Å². The van der Waals surface area contributed by atoms with Gasteiger partial charge < -0.3 is 15.0 Å². The van der Waals surface area contributed by atoms with Gasteiger partial charge in [-0.05, 0) is 38.3 Å². The van der Waals surface area contributed by atoms with E-state index in [2.05, 4.69) is 24.1 Å². The molecule has 0 aliphatic carbocycles. The molecule has 1 fully saturated rings. The summed E-state index contributed by atoms with van der Waals surface area (Å²) >= 11 is 0. The highest BCUT2D eigenvalue weighted by Gasteiger charge is 2.28. The SMILES string of the molecule is CCNC(CCN1CCCC1C(C)C)C(=O)OC. The standard InChI is InChI=1S/C14H28N2O2/c1-5-15-12(14(17)18-4)8-10-16-9-6-7-13(16)11(2)3/h11-13,15H,5-10H2,1-4H3. The van der Waals surface area contributed by atoms with Gasteiger partial charge in [0.05, 0.1) is 7.11 Å². The van der Waals surface area contributed by atoms with E-state index in [0.29, 0.717) is 12.0 Å². The number of hydrogen-bond donors (Lipinski definition) is 1. The summed E-state index contributed by atoms with van der Waals surface area (Å²) in [7, 11) is 1.46. The van der Waals surface area contributed by atoms with E-state index in [4.69, 9.17) is 4.74 Å². The fraction of sp³-hybridized carbons (Fsp3) is 0.929. The van der Waals surface area contributed by atoms with Gasteiger partial charge in [-0.1, -0.05) is 20.8 Å². The lowest BCUT2D eigenvalue weighted by molar-refractivity contribution is -0.143. The van der Waals surface area contributed by atoms with Gasteiger partial charge in [0.15, 0.2) is 0 Å². The Balaban J connectivity index is 2.43. The Morgan fingerprint density at radius 3 is 2.78 bits per heavy atom. The van der Waals surface area contributed by atoms with Crippen molar-refractivity contribution in [3.05, 3.63) is 0 Å². The van der Waals surface area contributed by atoms with Crippen molar-refractivity contribution in [1.29, 1.82) is 0 Å². The Kier molecular flexibility index (Phi) is 6.65. The maximum atomic E-state index is 11.6. The first kappa shape index (κ1) is 15.4. The van der Waals surface area contributed by atoms with E-state index in [9.17, 15) is 4.79 Å². The van der Waals surface area contributed by atoms with E-state index in [0.717, 1.165) is 19.5 Å². The molecule has 4 heteroatoms. The van der Waals surface area contributed by atoms with E-state index in [1.54, 1.807) is 0 Å². The average Bonchev–Trinajstić information content (AvgIpc) is 2.82. The van der Waals surface area contributed by atoms with Gasteiger partial charge in [0, 0.05) is 12.6 Å². The number of esters is 1. The number of methoxy groups -OCH3 is 1. The number of likely N-dealkylation sites (N-methyl/N-ethyl adjacent to an activating group) is 1. The predicted octanol–water partition coefficient (Wildman–Crippen LogP) is 1.65. The van der Waals surface area contributed by atoms with E-state index in [1.165, 1.54) is 26.5 Å². The van der Waals surface area contributed by atoms with Crippen LogP contribution >= 0.6 is 0 Å². The predicted molar refractivity (Wildman–Crippen MR) is 73.5 cm³/mol. The van der Waals surface area contributed by atoms with Crippen molar-refractivity contribution in [2.45, 2.75) is 52.1 Å². The Morgan fingerprint density at radius 1 is 1.50 bits per heavy atom. The normalized spacial score (nSPS) is 22.4. The van der Waals surface area contributed by atoms with Gasteiger partial charge in [0.2, 0.25) is 0 Å². The zero-order valence-electron chi connectivity index (χ0n) is 12.2. The van der Waals surface area contributed by atoms with Crippen LogP contribution in [-0.2, 0) is 9.53 Å². The van der Waals surface area contributed by atoms with Gasteiger partial charge in [-0.2, -0.15) is 0 Å². The second-order valence-corrected chi connectivity index (χ2v) is 5.41. The van der Waals surface area contributed by atoms with Crippen LogP contribution < -0.4 is 5.32 Å². The molecule has 2 atom stereocenters. The number of rotatable bonds is 7. The molecule has 0 bridgehead atoms. The summed E-state index contributed by atoms with van der Waals surface area (Å²) < 4.78 is 4.83. The summed E-state index contributed by atoms with van der Waals surface area (Å²) in [6.07, 6.45) is 3.42. The molecule has 18 heavy (non-hydrogen) atoms. The maximum Gasteiger partial charge on any atom is 0.322 e. The first-order valence-electron chi connectivity index (χ1n) is 7.15. The third-order valence-corrected chi connectivity index (χ3v) is 3.82. The molecular weight excluding hydrogens is 228 g/mol. The first-order chi connectivity index (χ1) is 8.60. The van der Waals surface area contributed by atoms with Gasteiger partial charge >= 0.3 is 5.97 Å². The monoisotopic (exact) mass is 256 g/mol. The van der Waals surface area contributed by atoms with Gasteiger partial charge in [-0.3, -0.25) is 4.79 Å². The average molecular weight is 256 g/mol. The maximum absolute atomic E-state index is 11.6. The lowest BCUT2D eigenvalue weighted by atomic mass is 10.0. The van der Waals surface area contributed by atoms with Crippen molar-refractivity contribution < 1.29 is 9.53 Å². The van der Waals surface area contributed by atoms with Crippen LogP contribution in [0.5, 0.6) is 0 Å². The molecule has 2 unspecified atom stereocenters. The van der Waals surface area contributed by atoms with Crippen LogP contribution in [0.15, 0.2) is 0 Å². The van der Waals surface area contributed by atoms with E-state index < -0.39 is 0 Å². The topological polar surface area (TPSA) is 41.6 Å². The molecular formula is C14H28N2O2. The summed E-state index contributed by atoms with van der Waals surface area (Å²) in [6.45, 7) is 9.53. The lowest BCUT2D eigenvalue weighted by Crippen LogP contribution is -2.42. The minimum atomic E-state index is -0.159. The highest BCUT2D eigenvalue weighted by molar-refractivity contribution is 5.75. The Labute approximate surface area is 111 Å². The third kappa shape index (κ3) is 4.25. The van der Waals surface area contributed by atoms with Crippen molar-refractivity contribution in [2.75, 3.05) is 26.7 Å². The van der Waals surface area contributed by atoms with Crippen molar-refractivity contribution in [3.63, 3.8) is 0 Å². The van der Waals surface area contributed by atoms with E-state index >= 15 is 0 Å². The molecule has 1 saturated heterocycles. The van der Waals surface area contributed by atoms with Gasteiger partial charge in [0.25, 0.3) is 0 Å². The van der Waals surface area contributed by atoms with Crippen LogP contribution in [0.4, 0.5) is 0 Å². The van der Waals surface area contributed by atoms with Crippen LogP contribution in [0.1, 0.15) is 40.0 Å². The molecule has 0 aromatic heterocycles. The van der Waals surface area contributed by atoms with Crippen molar-refractivity contribution in [1.82, 2.24) is 10.2 Å². The second-order valence-electron chi connectivity index (χ2n) is 5.41. The smallest absolute Gasteiger partial charge is 0.322 e. The zero-order valence-corrected chi connectivity index (χ0v) is 12.2. The fourth-order valence-corrected chi connectivity index (χ4v) is 2.87. The number of likely N-dealkylation sites (tertiary alicyclic amines) is 1. The number of nitrogens with zero attached hydrogens (tertiary/aromatic N) is 1. The second kappa shape index (κ2) is 7.74. The van der Waals surface area contributed by atoms with Crippen molar-refractivity contribution >= 4 is 5.97 Å². The number of carbonyl (C=O) groups is 1. The molecule has 1 rings (SSSR count). The Bertz CT molecular complexity index is 256. The van der Waals surface area contributed by atoms with Crippen molar-refractivity contribution in [2.24, 2.45) is 5.92 Å². The summed E-state index contributed by atoms with van der Waals surface area (Å²) in [5, 5.41) is 3.20. The number of nitrogens with one attached hydrogen (secondary N) is 1. The zero-order chi connectivity index (χ0) is 13.5. The molecule has 0 aromatic carbocycles.